The van der Waals surface area contributed by atoms with Crippen LogP contribution in [0.25, 0.3) is 0 Å². The van der Waals surface area contributed by atoms with Crippen LogP contribution < -0.4 is 5.32 Å². The van der Waals surface area contributed by atoms with Crippen molar-refractivity contribution in [2.24, 2.45) is 0 Å². The maximum absolute atomic E-state index is 13.0. The second-order valence-corrected chi connectivity index (χ2v) is 5.86. The second-order valence-electron chi connectivity index (χ2n) is 4.62. The Morgan fingerprint density at radius 3 is 2.42 bits per heavy atom. The van der Waals surface area contributed by atoms with Crippen molar-refractivity contribution in [3.8, 4) is 0 Å². The summed E-state index contributed by atoms with van der Waals surface area (Å²) >= 11 is 2.31. The Hall–Kier alpha value is -1.10. The lowest BCUT2D eigenvalue weighted by Gasteiger charge is -2.20. The van der Waals surface area contributed by atoms with Crippen LogP contribution in [0.3, 0.4) is 0 Å². The number of anilines is 1. The zero-order valence-electron chi connectivity index (χ0n) is 11.1. The van der Waals surface area contributed by atoms with Crippen molar-refractivity contribution in [3.63, 3.8) is 0 Å². The molecule has 0 aliphatic carbocycles. The molecule has 0 saturated heterocycles. The van der Waals surface area contributed by atoms with E-state index in [0.717, 1.165) is 17.7 Å². The highest BCUT2D eigenvalue weighted by Crippen LogP contribution is 2.25. The molecule has 1 unspecified atom stereocenters. The molecule has 1 nitrogen and oxygen atoms in total. The van der Waals surface area contributed by atoms with E-state index >= 15 is 0 Å². The molecule has 100 valence electrons. The van der Waals surface area contributed by atoms with Crippen molar-refractivity contribution in [2.75, 3.05) is 5.32 Å². The molecule has 0 aromatic heterocycles. The molecule has 0 bridgehead atoms. The fourth-order valence-corrected chi connectivity index (χ4v) is 2.74. The van der Waals surface area contributed by atoms with Gasteiger partial charge in [-0.1, -0.05) is 19.1 Å². The summed E-state index contributed by atoms with van der Waals surface area (Å²) in [4.78, 5) is 0. The van der Waals surface area contributed by atoms with Crippen LogP contribution >= 0.6 is 22.6 Å². The quantitative estimate of drug-likeness (QED) is 0.721. The molecule has 0 heterocycles. The fraction of sp³-hybridized carbons (Fsp3) is 0.250. The SMILES string of the molecule is CCC(Nc1ccc(I)cc1C)c1ccc(F)cc1. The van der Waals surface area contributed by atoms with Crippen molar-refractivity contribution in [1.82, 2.24) is 0 Å². The van der Waals surface area contributed by atoms with E-state index in [1.807, 2.05) is 12.1 Å². The maximum atomic E-state index is 13.0. The first-order chi connectivity index (χ1) is 9.10. The fourth-order valence-electron chi connectivity index (χ4n) is 2.09. The first-order valence-corrected chi connectivity index (χ1v) is 7.46. The number of hydrogen-bond acceptors (Lipinski definition) is 1. The van der Waals surface area contributed by atoms with E-state index < -0.39 is 0 Å². The van der Waals surface area contributed by atoms with Gasteiger partial charge in [0.1, 0.15) is 5.82 Å². The molecule has 2 aromatic rings. The van der Waals surface area contributed by atoms with E-state index in [0.29, 0.717) is 0 Å². The van der Waals surface area contributed by atoms with Gasteiger partial charge in [0, 0.05) is 9.26 Å². The van der Waals surface area contributed by atoms with Crippen LogP contribution in [-0.2, 0) is 0 Å². The molecule has 3 heteroatoms. The minimum absolute atomic E-state index is 0.191. The Morgan fingerprint density at radius 2 is 1.84 bits per heavy atom. The molecule has 2 aromatic carbocycles. The molecule has 0 amide bonds. The third kappa shape index (κ3) is 3.69. The van der Waals surface area contributed by atoms with Gasteiger partial charge >= 0.3 is 0 Å². The number of nitrogens with one attached hydrogen (secondary N) is 1. The van der Waals surface area contributed by atoms with Gasteiger partial charge in [-0.3, -0.25) is 0 Å². The van der Waals surface area contributed by atoms with Gasteiger partial charge in [0.05, 0.1) is 6.04 Å². The number of hydrogen-bond donors (Lipinski definition) is 1. The molecule has 1 atom stereocenters. The summed E-state index contributed by atoms with van der Waals surface area (Å²) in [5, 5.41) is 3.53. The Labute approximate surface area is 127 Å². The summed E-state index contributed by atoms with van der Waals surface area (Å²) in [6.45, 7) is 4.23. The summed E-state index contributed by atoms with van der Waals surface area (Å²) in [7, 11) is 0. The zero-order chi connectivity index (χ0) is 13.8. The van der Waals surface area contributed by atoms with Crippen LogP contribution in [0.1, 0.15) is 30.5 Å². The predicted octanol–water partition coefficient (Wildman–Crippen LogP) is 5.30. The molecular weight excluding hydrogens is 352 g/mol. The van der Waals surface area contributed by atoms with Gasteiger partial charge in [0.2, 0.25) is 0 Å². The summed E-state index contributed by atoms with van der Waals surface area (Å²) in [6.07, 6.45) is 0.955. The van der Waals surface area contributed by atoms with Crippen LogP contribution in [0.2, 0.25) is 0 Å². The van der Waals surface area contributed by atoms with Crippen molar-refractivity contribution in [3.05, 3.63) is 63.0 Å². The molecule has 0 aliphatic rings. The normalized spacial score (nSPS) is 12.2. The van der Waals surface area contributed by atoms with Gasteiger partial charge in [-0.25, -0.2) is 4.39 Å². The lowest BCUT2D eigenvalue weighted by Crippen LogP contribution is -2.10. The average Bonchev–Trinajstić information content (AvgIpc) is 2.39. The lowest BCUT2D eigenvalue weighted by atomic mass is 10.0. The summed E-state index contributed by atoms with van der Waals surface area (Å²) in [5.74, 6) is -0.191. The number of benzene rings is 2. The third-order valence-corrected chi connectivity index (χ3v) is 3.87. The average molecular weight is 369 g/mol. The van der Waals surface area contributed by atoms with E-state index in [9.17, 15) is 4.39 Å². The lowest BCUT2D eigenvalue weighted by molar-refractivity contribution is 0.625. The van der Waals surface area contributed by atoms with Gasteiger partial charge in [0.25, 0.3) is 0 Å². The summed E-state index contributed by atoms with van der Waals surface area (Å²) in [5.41, 5.74) is 3.48. The molecule has 0 saturated carbocycles. The monoisotopic (exact) mass is 369 g/mol. The Bertz CT molecular complexity index is 551. The van der Waals surface area contributed by atoms with Crippen LogP contribution in [0.4, 0.5) is 10.1 Å². The van der Waals surface area contributed by atoms with Crippen molar-refractivity contribution in [1.29, 1.82) is 0 Å². The van der Waals surface area contributed by atoms with Crippen molar-refractivity contribution in [2.45, 2.75) is 26.3 Å². The smallest absolute Gasteiger partial charge is 0.123 e. The number of halogens is 2. The van der Waals surface area contributed by atoms with Crippen LogP contribution in [0, 0.1) is 16.3 Å². The van der Waals surface area contributed by atoms with Crippen LogP contribution in [-0.4, -0.2) is 0 Å². The van der Waals surface area contributed by atoms with Crippen LogP contribution in [0.15, 0.2) is 42.5 Å². The van der Waals surface area contributed by atoms with Crippen molar-refractivity contribution >= 4 is 28.3 Å². The van der Waals surface area contributed by atoms with Gasteiger partial charge < -0.3 is 5.32 Å². The van der Waals surface area contributed by atoms with E-state index in [4.69, 9.17) is 0 Å². The van der Waals surface area contributed by atoms with E-state index in [-0.39, 0.29) is 11.9 Å². The predicted molar refractivity (Wildman–Crippen MR) is 87.0 cm³/mol. The van der Waals surface area contributed by atoms with Gasteiger partial charge in [0.15, 0.2) is 0 Å². The van der Waals surface area contributed by atoms with Crippen LogP contribution in [0.5, 0.6) is 0 Å². The molecule has 0 radical (unpaired) electrons. The van der Waals surface area contributed by atoms with E-state index in [1.54, 1.807) is 0 Å². The second kappa shape index (κ2) is 6.37. The zero-order valence-corrected chi connectivity index (χ0v) is 13.2. The van der Waals surface area contributed by atoms with Gasteiger partial charge in [-0.15, -0.1) is 0 Å². The van der Waals surface area contributed by atoms with E-state index in [2.05, 4.69) is 60.0 Å². The number of rotatable bonds is 4. The molecule has 2 rings (SSSR count). The molecule has 19 heavy (non-hydrogen) atoms. The maximum Gasteiger partial charge on any atom is 0.123 e. The van der Waals surface area contributed by atoms with Gasteiger partial charge in [-0.2, -0.15) is 0 Å². The van der Waals surface area contributed by atoms with Gasteiger partial charge in [-0.05, 0) is 77.4 Å². The minimum Gasteiger partial charge on any atom is -0.378 e. The molecular formula is C16H17FIN. The Kier molecular flexibility index (Phi) is 4.80. The highest BCUT2D eigenvalue weighted by atomic mass is 127. The number of aryl methyl sites for hydroxylation is 1. The highest BCUT2D eigenvalue weighted by molar-refractivity contribution is 14.1. The highest BCUT2D eigenvalue weighted by Gasteiger charge is 2.10. The first kappa shape index (κ1) is 14.3. The minimum atomic E-state index is -0.191. The topological polar surface area (TPSA) is 12.0 Å². The molecule has 0 spiro atoms. The third-order valence-electron chi connectivity index (χ3n) is 3.20. The first-order valence-electron chi connectivity index (χ1n) is 6.38. The van der Waals surface area contributed by atoms with Crippen molar-refractivity contribution < 1.29 is 4.39 Å². The summed E-state index contributed by atoms with van der Waals surface area (Å²) < 4.78 is 14.2. The molecule has 0 fully saturated rings. The Morgan fingerprint density at radius 1 is 1.16 bits per heavy atom. The molecule has 0 aliphatic heterocycles. The standard InChI is InChI=1S/C16H17FIN/c1-3-15(12-4-6-13(17)7-5-12)19-16-9-8-14(18)10-11(16)2/h4-10,15,19H,3H2,1-2H3. The molecule has 1 N–H and O–H groups in total. The largest absolute Gasteiger partial charge is 0.378 e. The van der Waals surface area contributed by atoms with E-state index in [1.165, 1.54) is 21.3 Å². The Balaban J connectivity index is 2.21. The summed E-state index contributed by atoms with van der Waals surface area (Å²) in [6, 6.07) is 13.3.